The first-order valence-electron chi connectivity index (χ1n) is 20.7. The quantitative estimate of drug-likeness (QED) is 0.168. The summed E-state index contributed by atoms with van der Waals surface area (Å²) in [6.45, 7) is 0. The summed E-state index contributed by atoms with van der Waals surface area (Å²) >= 11 is 0. The van der Waals surface area contributed by atoms with E-state index in [0.29, 0.717) is 46.8 Å². The Bertz CT molecular complexity index is 2520. The fraction of sp³-hybridized carbons (Fsp3) is 0.192. The second-order valence-corrected chi connectivity index (χ2v) is 16.7. The molecule has 278 valence electrons. The number of hydrogen-bond acceptors (Lipinski definition) is 6. The number of benzene rings is 6. The molecule has 5 aliphatic rings. The highest BCUT2D eigenvalue weighted by molar-refractivity contribution is 5.98. The van der Waals surface area contributed by atoms with Crippen molar-refractivity contribution in [3.63, 3.8) is 0 Å². The molecular formula is C52H40N6. The van der Waals surface area contributed by atoms with Gasteiger partial charge in [-0.05, 0) is 78.0 Å². The van der Waals surface area contributed by atoms with Crippen molar-refractivity contribution in [3.8, 4) is 79.5 Å². The fourth-order valence-electron chi connectivity index (χ4n) is 11.5. The minimum Gasteiger partial charge on any atom is -0.208 e. The second kappa shape index (κ2) is 13.2. The van der Waals surface area contributed by atoms with Crippen LogP contribution in [0.4, 0.5) is 0 Å². The molecule has 13 rings (SSSR count). The van der Waals surface area contributed by atoms with Crippen LogP contribution in [0.3, 0.4) is 0 Å². The van der Waals surface area contributed by atoms with Gasteiger partial charge in [0.05, 0.1) is 0 Å². The Morgan fingerprint density at radius 3 is 0.948 bits per heavy atom. The Morgan fingerprint density at radius 1 is 0.310 bits per heavy atom. The van der Waals surface area contributed by atoms with Crippen molar-refractivity contribution >= 4 is 0 Å². The Hall–Kier alpha value is -6.66. The molecule has 6 heteroatoms. The molecule has 6 nitrogen and oxygen atoms in total. The van der Waals surface area contributed by atoms with Crippen molar-refractivity contribution in [2.75, 3.05) is 0 Å². The zero-order valence-electron chi connectivity index (χ0n) is 32.0. The van der Waals surface area contributed by atoms with E-state index in [1.165, 1.54) is 54.4 Å². The van der Waals surface area contributed by atoms with Crippen LogP contribution in [-0.2, 0) is 5.41 Å². The monoisotopic (exact) mass is 748 g/mol. The summed E-state index contributed by atoms with van der Waals surface area (Å²) < 4.78 is 0. The largest absolute Gasteiger partial charge is 0.208 e. The normalized spacial score (nSPS) is 20.6. The zero-order chi connectivity index (χ0) is 38.2. The lowest BCUT2D eigenvalue weighted by molar-refractivity contribution is -0.0399. The van der Waals surface area contributed by atoms with Crippen LogP contribution >= 0.6 is 0 Å². The average molecular weight is 749 g/mol. The van der Waals surface area contributed by atoms with E-state index in [9.17, 15) is 0 Å². The first kappa shape index (κ1) is 33.5. The lowest BCUT2D eigenvalue weighted by Crippen LogP contribution is -2.55. The van der Waals surface area contributed by atoms with E-state index >= 15 is 0 Å². The lowest BCUT2D eigenvalue weighted by atomic mass is 9.43. The number of aromatic nitrogens is 6. The third-order valence-corrected chi connectivity index (χ3v) is 13.6. The molecule has 0 radical (unpaired) electrons. The van der Waals surface area contributed by atoms with E-state index in [4.69, 9.17) is 29.9 Å². The highest BCUT2D eigenvalue weighted by atomic mass is 15.0. The molecule has 5 aliphatic carbocycles. The van der Waals surface area contributed by atoms with Crippen LogP contribution in [0.5, 0.6) is 0 Å². The van der Waals surface area contributed by atoms with Crippen LogP contribution in [0.25, 0.3) is 79.5 Å². The first-order valence-corrected chi connectivity index (χ1v) is 20.7. The highest BCUT2D eigenvalue weighted by Gasteiger charge is 2.62. The molecule has 0 atom stereocenters. The van der Waals surface area contributed by atoms with Gasteiger partial charge in [-0.1, -0.05) is 158 Å². The van der Waals surface area contributed by atoms with Gasteiger partial charge in [-0.2, -0.15) is 0 Å². The SMILES string of the molecule is c1ccc(-c2nc(-c3ccccc3)nc(-c3cccc4c3-c3c(-c5nc(-c6ccccc6)nc(-c6ccccc6)n5)cccc3C43C4CC5CC(C4)CC3C5)n2)cc1. The molecule has 4 bridgehead atoms. The van der Waals surface area contributed by atoms with Crippen molar-refractivity contribution in [3.05, 3.63) is 169 Å². The van der Waals surface area contributed by atoms with Crippen LogP contribution in [0, 0.1) is 23.7 Å². The smallest absolute Gasteiger partial charge is 0.164 e. The van der Waals surface area contributed by atoms with Crippen LogP contribution < -0.4 is 0 Å². The van der Waals surface area contributed by atoms with Gasteiger partial charge in [-0.25, -0.2) is 29.9 Å². The zero-order valence-corrected chi connectivity index (χ0v) is 32.0. The van der Waals surface area contributed by atoms with E-state index in [0.717, 1.165) is 45.2 Å². The summed E-state index contributed by atoms with van der Waals surface area (Å²) in [7, 11) is 0. The van der Waals surface area contributed by atoms with E-state index in [1.54, 1.807) is 0 Å². The van der Waals surface area contributed by atoms with E-state index in [1.807, 2.05) is 72.8 Å². The van der Waals surface area contributed by atoms with Gasteiger partial charge in [-0.3, -0.25) is 0 Å². The van der Waals surface area contributed by atoms with E-state index < -0.39 is 0 Å². The fourth-order valence-corrected chi connectivity index (χ4v) is 11.5. The molecule has 2 heterocycles. The predicted octanol–water partition coefficient (Wildman–Crippen LogP) is 11.8. The maximum absolute atomic E-state index is 5.32. The van der Waals surface area contributed by atoms with Gasteiger partial charge >= 0.3 is 0 Å². The number of nitrogens with zero attached hydrogens (tertiary/aromatic N) is 6. The molecule has 0 aliphatic heterocycles. The van der Waals surface area contributed by atoms with Gasteiger partial charge in [-0.15, -0.1) is 0 Å². The van der Waals surface area contributed by atoms with Crippen LogP contribution in [-0.4, -0.2) is 29.9 Å². The van der Waals surface area contributed by atoms with Crippen LogP contribution in [0.2, 0.25) is 0 Å². The molecule has 4 fully saturated rings. The summed E-state index contributed by atoms with van der Waals surface area (Å²) in [6, 6.07) is 54.9. The van der Waals surface area contributed by atoms with Crippen LogP contribution in [0.15, 0.2) is 158 Å². The first-order chi connectivity index (χ1) is 28.7. The van der Waals surface area contributed by atoms with E-state index in [2.05, 4.69) is 84.9 Å². The second-order valence-electron chi connectivity index (χ2n) is 16.7. The Labute approximate surface area is 338 Å². The van der Waals surface area contributed by atoms with Gasteiger partial charge in [0.25, 0.3) is 0 Å². The molecule has 6 aromatic carbocycles. The molecule has 0 N–H and O–H groups in total. The van der Waals surface area contributed by atoms with Crippen molar-refractivity contribution in [2.24, 2.45) is 23.7 Å². The summed E-state index contributed by atoms with van der Waals surface area (Å²) in [5.41, 5.74) is 11.1. The maximum Gasteiger partial charge on any atom is 0.164 e. The average Bonchev–Trinajstić information content (AvgIpc) is 3.60. The molecule has 0 unspecified atom stereocenters. The number of rotatable bonds is 6. The summed E-state index contributed by atoms with van der Waals surface area (Å²) in [6.07, 6.45) is 6.53. The van der Waals surface area contributed by atoms with Crippen molar-refractivity contribution in [2.45, 2.75) is 37.5 Å². The topological polar surface area (TPSA) is 77.3 Å². The lowest BCUT2D eigenvalue weighted by Gasteiger charge is -2.61. The van der Waals surface area contributed by atoms with Gasteiger partial charge in [0.15, 0.2) is 34.9 Å². The molecular weight excluding hydrogens is 709 g/mol. The summed E-state index contributed by atoms with van der Waals surface area (Å²) in [5, 5.41) is 0. The Balaban J connectivity index is 1.15. The Kier molecular flexibility index (Phi) is 7.62. The molecule has 1 spiro atoms. The van der Waals surface area contributed by atoms with E-state index in [-0.39, 0.29) is 5.41 Å². The molecule has 0 saturated heterocycles. The molecule has 2 aromatic heterocycles. The standard InChI is InChI=1S/C52H40N6/c1-5-15-34(16-6-1)46-53-47(35-17-7-2-8-18-35)56-50(55-46)40-23-13-25-42-44(40)45-41(24-14-26-43(45)52(42)38-28-32-27-33(30-38)31-39(52)29-32)51-57-48(36-19-9-3-10-20-36)54-49(58-51)37-21-11-4-12-22-37/h1-26,32-33,38-39H,27-31H2. The van der Waals surface area contributed by atoms with Crippen LogP contribution in [0.1, 0.15) is 43.2 Å². The van der Waals surface area contributed by atoms with Gasteiger partial charge < -0.3 is 0 Å². The minimum atomic E-state index is -0.0980. The number of hydrogen-bond donors (Lipinski definition) is 0. The van der Waals surface area contributed by atoms with Gasteiger partial charge in [0.1, 0.15) is 0 Å². The highest BCUT2D eigenvalue weighted by Crippen LogP contribution is 2.70. The van der Waals surface area contributed by atoms with Crippen molar-refractivity contribution < 1.29 is 0 Å². The predicted molar refractivity (Wildman–Crippen MR) is 229 cm³/mol. The van der Waals surface area contributed by atoms with Gasteiger partial charge in [0, 0.05) is 38.8 Å². The molecule has 58 heavy (non-hydrogen) atoms. The third kappa shape index (κ3) is 5.17. The van der Waals surface area contributed by atoms with Crippen molar-refractivity contribution in [1.82, 2.24) is 29.9 Å². The number of fused-ring (bicyclic) bond motifs is 3. The molecule has 0 amide bonds. The van der Waals surface area contributed by atoms with Crippen molar-refractivity contribution in [1.29, 1.82) is 0 Å². The summed E-state index contributed by atoms with van der Waals surface area (Å²) in [5.74, 6) is 6.80. The molecule has 4 saturated carbocycles. The molecule has 8 aromatic rings. The summed E-state index contributed by atoms with van der Waals surface area (Å²) in [4.78, 5) is 31.4. The van der Waals surface area contributed by atoms with Gasteiger partial charge in [0.2, 0.25) is 0 Å². The minimum absolute atomic E-state index is 0.0980. The maximum atomic E-state index is 5.32. The Morgan fingerprint density at radius 2 is 0.621 bits per heavy atom. The third-order valence-electron chi connectivity index (χ3n) is 13.6.